The Kier molecular flexibility index (Phi) is 6.44. The Morgan fingerprint density at radius 1 is 1.44 bits per heavy atom. The maximum atomic E-state index is 13.1. The van der Waals surface area contributed by atoms with Crippen LogP contribution in [-0.2, 0) is 6.42 Å². The highest BCUT2D eigenvalue weighted by atomic mass is 19.1. The van der Waals surface area contributed by atoms with Crippen LogP contribution in [0.1, 0.15) is 25.8 Å². The molecule has 0 amide bonds. The number of halogens is 1. The lowest BCUT2D eigenvalue weighted by Crippen LogP contribution is -2.24. The first-order chi connectivity index (χ1) is 8.63. The zero-order valence-electron chi connectivity index (χ0n) is 11.2. The van der Waals surface area contributed by atoms with E-state index in [9.17, 15) is 4.39 Å². The minimum Gasteiger partial charge on any atom is -0.493 e. The zero-order chi connectivity index (χ0) is 13.4. The Labute approximate surface area is 109 Å². The van der Waals surface area contributed by atoms with Gasteiger partial charge in [-0.1, -0.05) is 19.9 Å². The third-order valence-electron chi connectivity index (χ3n) is 2.52. The molecule has 0 aliphatic carbocycles. The van der Waals surface area contributed by atoms with E-state index < -0.39 is 0 Å². The molecule has 100 valence electrons. The summed E-state index contributed by atoms with van der Waals surface area (Å²) < 4.78 is 18.8. The highest BCUT2D eigenvalue weighted by Crippen LogP contribution is 2.20. The quantitative estimate of drug-likeness (QED) is 0.565. The molecule has 0 aliphatic heterocycles. The molecule has 0 unspecified atom stereocenters. The highest BCUT2D eigenvalue weighted by molar-refractivity contribution is 5.35. The Morgan fingerprint density at radius 2 is 2.22 bits per heavy atom. The molecule has 2 nitrogen and oxygen atoms in total. The predicted octanol–water partition coefficient (Wildman–Crippen LogP) is 3.32. The average molecular weight is 251 g/mol. The van der Waals surface area contributed by atoms with Crippen molar-refractivity contribution in [3.63, 3.8) is 0 Å². The van der Waals surface area contributed by atoms with Gasteiger partial charge >= 0.3 is 0 Å². The van der Waals surface area contributed by atoms with Crippen LogP contribution in [0.3, 0.4) is 0 Å². The summed E-state index contributed by atoms with van der Waals surface area (Å²) >= 11 is 0. The van der Waals surface area contributed by atoms with Crippen LogP contribution < -0.4 is 10.1 Å². The lowest BCUT2D eigenvalue weighted by atomic mass is 10.1. The monoisotopic (exact) mass is 251 g/mol. The fourth-order valence-corrected chi connectivity index (χ4v) is 1.65. The van der Waals surface area contributed by atoms with E-state index in [-0.39, 0.29) is 5.82 Å². The van der Waals surface area contributed by atoms with Crippen LogP contribution >= 0.6 is 0 Å². The molecular weight excluding hydrogens is 229 g/mol. The standard InChI is InChI=1S/C15H22FNO/c1-4-6-13-11-14(16)7-8-15(13)18-10-5-9-17-12(2)3/h4,7-8,11-12,17H,1,5-6,9-10H2,2-3H3. The highest BCUT2D eigenvalue weighted by Gasteiger charge is 2.04. The molecule has 1 aromatic rings. The van der Waals surface area contributed by atoms with Gasteiger partial charge in [-0.25, -0.2) is 4.39 Å². The maximum Gasteiger partial charge on any atom is 0.123 e. The van der Waals surface area contributed by atoms with E-state index in [4.69, 9.17) is 4.74 Å². The molecule has 0 aliphatic rings. The molecule has 0 heterocycles. The molecule has 0 saturated carbocycles. The third kappa shape index (κ3) is 5.32. The molecule has 0 atom stereocenters. The molecule has 0 spiro atoms. The summed E-state index contributed by atoms with van der Waals surface area (Å²) in [4.78, 5) is 0. The van der Waals surface area contributed by atoms with Crippen LogP contribution in [0.2, 0.25) is 0 Å². The number of ether oxygens (including phenoxy) is 1. The number of benzene rings is 1. The van der Waals surface area contributed by atoms with Crippen molar-refractivity contribution < 1.29 is 9.13 Å². The first kappa shape index (κ1) is 14.7. The van der Waals surface area contributed by atoms with Gasteiger partial charge in [-0.3, -0.25) is 0 Å². The van der Waals surface area contributed by atoms with E-state index in [2.05, 4.69) is 25.7 Å². The largest absolute Gasteiger partial charge is 0.493 e. The van der Waals surface area contributed by atoms with Crippen molar-refractivity contribution in [2.75, 3.05) is 13.2 Å². The van der Waals surface area contributed by atoms with Crippen molar-refractivity contribution >= 4 is 0 Å². The average Bonchev–Trinajstić information content (AvgIpc) is 2.31. The summed E-state index contributed by atoms with van der Waals surface area (Å²) in [7, 11) is 0. The van der Waals surface area contributed by atoms with Gasteiger partial charge in [-0.2, -0.15) is 0 Å². The van der Waals surface area contributed by atoms with E-state index in [1.807, 2.05) is 0 Å². The molecule has 0 radical (unpaired) electrons. The van der Waals surface area contributed by atoms with E-state index >= 15 is 0 Å². The lowest BCUT2D eigenvalue weighted by Gasteiger charge is -2.12. The Morgan fingerprint density at radius 3 is 2.89 bits per heavy atom. The molecular formula is C15H22FNO. The second-order valence-corrected chi connectivity index (χ2v) is 4.56. The van der Waals surface area contributed by atoms with E-state index in [0.717, 1.165) is 24.3 Å². The smallest absolute Gasteiger partial charge is 0.123 e. The normalized spacial score (nSPS) is 10.7. The molecule has 0 saturated heterocycles. The van der Waals surface area contributed by atoms with Crippen LogP contribution in [-0.4, -0.2) is 19.2 Å². The Bertz CT molecular complexity index is 377. The second kappa shape index (κ2) is 7.88. The van der Waals surface area contributed by atoms with Crippen molar-refractivity contribution in [2.24, 2.45) is 0 Å². The molecule has 0 aromatic heterocycles. The van der Waals surface area contributed by atoms with Crippen LogP contribution in [0.25, 0.3) is 0 Å². The van der Waals surface area contributed by atoms with Gasteiger partial charge in [0.15, 0.2) is 0 Å². The van der Waals surface area contributed by atoms with Crippen LogP contribution in [0, 0.1) is 5.82 Å². The Balaban J connectivity index is 2.43. The van der Waals surface area contributed by atoms with Crippen molar-refractivity contribution in [1.82, 2.24) is 5.32 Å². The van der Waals surface area contributed by atoms with Crippen LogP contribution in [0.4, 0.5) is 4.39 Å². The zero-order valence-corrected chi connectivity index (χ0v) is 11.2. The summed E-state index contributed by atoms with van der Waals surface area (Å²) in [5, 5.41) is 3.32. The summed E-state index contributed by atoms with van der Waals surface area (Å²) in [6.07, 6.45) is 3.31. The van der Waals surface area contributed by atoms with Crippen LogP contribution in [0.5, 0.6) is 5.75 Å². The summed E-state index contributed by atoms with van der Waals surface area (Å²) in [5.41, 5.74) is 0.849. The number of allylic oxidation sites excluding steroid dienone is 1. The topological polar surface area (TPSA) is 21.3 Å². The fraction of sp³-hybridized carbons (Fsp3) is 0.467. The first-order valence-corrected chi connectivity index (χ1v) is 6.39. The third-order valence-corrected chi connectivity index (χ3v) is 2.52. The number of hydrogen-bond acceptors (Lipinski definition) is 2. The van der Waals surface area contributed by atoms with Gasteiger partial charge < -0.3 is 10.1 Å². The van der Waals surface area contributed by atoms with Gasteiger partial charge in [0.05, 0.1) is 6.61 Å². The number of nitrogens with one attached hydrogen (secondary N) is 1. The summed E-state index contributed by atoms with van der Waals surface area (Å²) in [6.45, 7) is 9.46. The Hall–Kier alpha value is -1.35. The molecule has 1 aromatic carbocycles. The van der Waals surface area contributed by atoms with Gasteiger partial charge in [0.1, 0.15) is 11.6 Å². The molecule has 18 heavy (non-hydrogen) atoms. The summed E-state index contributed by atoms with van der Waals surface area (Å²) in [5.74, 6) is 0.515. The number of rotatable bonds is 8. The molecule has 0 fully saturated rings. The van der Waals surface area contributed by atoms with E-state index in [0.29, 0.717) is 19.1 Å². The van der Waals surface area contributed by atoms with Gasteiger partial charge in [0, 0.05) is 11.6 Å². The van der Waals surface area contributed by atoms with Gasteiger partial charge in [0.2, 0.25) is 0 Å². The molecule has 1 N–H and O–H groups in total. The van der Waals surface area contributed by atoms with Crippen molar-refractivity contribution in [1.29, 1.82) is 0 Å². The molecule has 0 bridgehead atoms. The van der Waals surface area contributed by atoms with Crippen LogP contribution in [0.15, 0.2) is 30.9 Å². The SMILES string of the molecule is C=CCc1cc(F)ccc1OCCCNC(C)C. The number of hydrogen-bond donors (Lipinski definition) is 1. The van der Waals surface area contributed by atoms with Gasteiger partial charge in [-0.05, 0) is 37.6 Å². The van der Waals surface area contributed by atoms with Gasteiger partial charge in [0.25, 0.3) is 0 Å². The fourth-order valence-electron chi connectivity index (χ4n) is 1.65. The molecule has 3 heteroatoms. The van der Waals surface area contributed by atoms with E-state index in [1.54, 1.807) is 12.1 Å². The predicted molar refractivity (Wildman–Crippen MR) is 73.6 cm³/mol. The minimum atomic E-state index is -0.235. The first-order valence-electron chi connectivity index (χ1n) is 6.39. The van der Waals surface area contributed by atoms with Crippen molar-refractivity contribution in [3.05, 3.63) is 42.2 Å². The molecule has 1 rings (SSSR count). The summed E-state index contributed by atoms with van der Waals surface area (Å²) in [6, 6.07) is 5.11. The van der Waals surface area contributed by atoms with Gasteiger partial charge in [-0.15, -0.1) is 6.58 Å². The minimum absolute atomic E-state index is 0.235. The van der Waals surface area contributed by atoms with E-state index in [1.165, 1.54) is 12.1 Å². The van der Waals surface area contributed by atoms with Crippen molar-refractivity contribution in [3.8, 4) is 5.75 Å². The second-order valence-electron chi connectivity index (χ2n) is 4.56. The maximum absolute atomic E-state index is 13.1. The lowest BCUT2D eigenvalue weighted by molar-refractivity contribution is 0.303. The van der Waals surface area contributed by atoms with Crippen molar-refractivity contribution in [2.45, 2.75) is 32.7 Å².